The number of esters is 2. The second-order valence-corrected chi connectivity index (χ2v) is 13.8. The van der Waals surface area contributed by atoms with Gasteiger partial charge in [-0.15, -0.1) is 0 Å². The van der Waals surface area contributed by atoms with Crippen LogP contribution in [0.25, 0.3) is 6.08 Å². The van der Waals surface area contributed by atoms with Crippen LogP contribution in [0.5, 0.6) is 17.2 Å². The van der Waals surface area contributed by atoms with Crippen molar-refractivity contribution in [2.75, 3.05) is 26.9 Å². The van der Waals surface area contributed by atoms with E-state index in [1.54, 1.807) is 32.0 Å². The molecule has 4 aromatic rings. The summed E-state index contributed by atoms with van der Waals surface area (Å²) in [4.78, 5) is 44.6. The average Bonchev–Trinajstić information content (AvgIpc) is 3.37. The number of allylic oxidation sites excluding steroid dienone is 1. The van der Waals surface area contributed by atoms with Crippen LogP contribution in [-0.2, 0) is 25.7 Å². The second kappa shape index (κ2) is 16.1. The van der Waals surface area contributed by atoms with E-state index >= 15 is 0 Å². The standard InChI is InChI=1S/C35H32I2N2O8S/c1-5-44-27-15-22(12-13-26(27)46-19-29(40)43-4)31-30(34(42)45-6-2)20(3)38-35-39(31)33(41)28(48-35)16-23-14-24(36)17-25(37)32(23)47-18-21-10-8-7-9-11-21/h7-17,31H,5-6,18-19H2,1-4H3/b28-16+/t31-/m1/s1. The second-order valence-electron chi connectivity index (χ2n) is 10.4. The number of halogens is 2. The molecule has 3 aromatic carbocycles. The smallest absolute Gasteiger partial charge is 0.343 e. The van der Waals surface area contributed by atoms with Crippen molar-refractivity contribution in [1.82, 2.24) is 4.57 Å². The fraction of sp³-hybridized carbons (Fsp3) is 0.257. The molecule has 5 rings (SSSR count). The lowest BCUT2D eigenvalue weighted by Crippen LogP contribution is -2.40. The Bertz CT molecular complexity index is 2060. The molecule has 250 valence electrons. The van der Waals surface area contributed by atoms with E-state index in [4.69, 9.17) is 28.7 Å². The zero-order chi connectivity index (χ0) is 34.4. The summed E-state index contributed by atoms with van der Waals surface area (Å²) in [6.45, 7) is 5.77. The van der Waals surface area contributed by atoms with E-state index < -0.39 is 18.0 Å². The molecule has 2 heterocycles. The van der Waals surface area contributed by atoms with Crippen LogP contribution < -0.4 is 29.1 Å². The quantitative estimate of drug-likeness (QED) is 0.135. The molecule has 1 atom stereocenters. The summed E-state index contributed by atoms with van der Waals surface area (Å²) in [5.74, 6) is 0.189. The predicted molar refractivity (Wildman–Crippen MR) is 198 cm³/mol. The number of methoxy groups -OCH3 is 1. The Kier molecular flexibility index (Phi) is 12.0. The average molecular weight is 895 g/mol. The predicted octanol–water partition coefficient (Wildman–Crippen LogP) is 5.54. The number of hydrogen-bond acceptors (Lipinski definition) is 10. The number of aromatic nitrogens is 1. The number of thiazole rings is 1. The number of hydrogen-bond donors (Lipinski definition) is 0. The first kappa shape index (κ1) is 35.6. The number of fused-ring (bicyclic) bond motifs is 1. The van der Waals surface area contributed by atoms with E-state index in [2.05, 4.69) is 45.2 Å². The maximum atomic E-state index is 14.3. The fourth-order valence-electron chi connectivity index (χ4n) is 5.10. The van der Waals surface area contributed by atoms with Gasteiger partial charge >= 0.3 is 11.9 Å². The van der Waals surface area contributed by atoms with Crippen molar-refractivity contribution in [3.8, 4) is 17.2 Å². The highest BCUT2D eigenvalue weighted by molar-refractivity contribution is 14.1. The molecule has 0 bridgehead atoms. The van der Waals surface area contributed by atoms with Gasteiger partial charge in [-0.25, -0.2) is 14.6 Å². The van der Waals surface area contributed by atoms with E-state index in [0.29, 0.717) is 51.1 Å². The van der Waals surface area contributed by atoms with Gasteiger partial charge in [-0.1, -0.05) is 47.7 Å². The van der Waals surface area contributed by atoms with Crippen LogP contribution in [0.3, 0.4) is 0 Å². The van der Waals surface area contributed by atoms with Crippen LogP contribution in [0.15, 0.2) is 81.7 Å². The number of nitrogens with zero attached hydrogens (tertiary/aromatic N) is 2. The molecule has 0 spiro atoms. The third-order valence-corrected chi connectivity index (χ3v) is 9.63. The molecule has 0 fully saturated rings. The number of ether oxygens (including phenoxy) is 5. The first-order chi connectivity index (χ1) is 23.1. The monoisotopic (exact) mass is 894 g/mol. The number of carbonyl (C=O) groups is 2. The van der Waals surface area contributed by atoms with Gasteiger partial charge in [-0.3, -0.25) is 9.36 Å². The van der Waals surface area contributed by atoms with Crippen LogP contribution >= 0.6 is 56.5 Å². The molecule has 1 aromatic heterocycles. The van der Waals surface area contributed by atoms with Crippen molar-refractivity contribution in [2.45, 2.75) is 33.4 Å². The van der Waals surface area contributed by atoms with E-state index in [1.807, 2.05) is 55.5 Å². The third kappa shape index (κ3) is 7.94. The molecule has 13 heteroatoms. The lowest BCUT2D eigenvalue weighted by Gasteiger charge is -2.25. The first-order valence-electron chi connectivity index (χ1n) is 15.0. The largest absolute Gasteiger partial charge is 0.490 e. The maximum Gasteiger partial charge on any atom is 0.343 e. The van der Waals surface area contributed by atoms with Gasteiger partial charge in [0.2, 0.25) is 0 Å². The SMILES string of the molecule is CCOC(=O)C1=C(C)N=c2s/c(=C/c3cc(I)cc(I)c3OCc3ccccc3)c(=O)n2[C@@H]1c1ccc(OCC(=O)OC)c(OCC)c1. The van der Waals surface area contributed by atoms with Crippen LogP contribution in [0, 0.1) is 7.14 Å². The van der Waals surface area contributed by atoms with E-state index in [1.165, 1.54) is 23.0 Å². The zero-order valence-corrected chi connectivity index (χ0v) is 31.7. The molecule has 1 aliphatic rings. The molecule has 48 heavy (non-hydrogen) atoms. The molecule has 0 radical (unpaired) electrons. The summed E-state index contributed by atoms with van der Waals surface area (Å²) >= 11 is 5.72. The van der Waals surface area contributed by atoms with Gasteiger partial charge < -0.3 is 23.7 Å². The Morgan fingerprint density at radius 3 is 2.46 bits per heavy atom. The molecule has 0 unspecified atom stereocenters. The highest BCUT2D eigenvalue weighted by Crippen LogP contribution is 2.37. The van der Waals surface area contributed by atoms with Crippen LogP contribution in [-0.4, -0.2) is 43.4 Å². The van der Waals surface area contributed by atoms with Crippen molar-refractivity contribution in [2.24, 2.45) is 4.99 Å². The lowest BCUT2D eigenvalue weighted by atomic mass is 9.95. The number of benzene rings is 3. The summed E-state index contributed by atoms with van der Waals surface area (Å²) in [6.07, 6.45) is 1.81. The summed E-state index contributed by atoms with van der Waals surface area (Å²) < 4.78 is 31.8. The summed E-state index contributed by atoms with van der Waals surface area (Å²) in [5, 5.41) is 0. The van der Waals surface area contributed by atoms with Gasteiger partial charge in [-0.05, 0) is 107 Å². The van der Waals surface area contributed by atoms with Gasteiger partial charge in [0.1, 0.15) is 12.4 Å². The van der Waals surface area contributed by atoms with Gasteiger partial charge in [0.25, 0.3) is 5.56 Å². The summed E-state index contributed by atoms with van der Waals surface area (Å²) in [6, 6.07) is 18.0. The van der Waals surface area contributed by atoms with Crippen molar-refractivity contribution in [1.29, 1.82) is 0 Å². The van der Waals surface area contributed by atoms with Crippen molar-refractivity contribution < 1.29 is 33.3 Å². The Morgan fingerprint density at radius 1 is 0.979 bits per heavy atom. The Balaban J connectivity index is 1.65. The first-order valence-corrected chi connectivity index (χ1v) is 17.9. The fourth-order valence-corrected chi connectivity index (χ4v) is 8.18. The van der Waals surface area contributed by atoms with Gasteiger partial charge in [-0.2, -0.15) is 0 Å². The van der Waals surface area contributed by atoms with Gasteiger partial charge in [0, 0.05) is 9.13 Å². The Hall–Kier alpha value is -3.70. The summed E-state index contributed by atoms with van der Waals surface area (Å²) in [5.41, 5.74) is 2.68. The topological polar surface area (TPSA) is 115 Å². The molecule has 0 saturated heterocycles. The maximum absolute atomic E-state index is 14.3. The molecular weight excluding hydrogens is 862 g/mol. The number of carbonyl (C=O) groups excluding carboxylic acids is 2. The normalized spacial score (nSPS) is 14.2. The highest BCUT2D eigenvalue weighted by Gasteiger charge is 2.34. The Morgan fingerprint density at radius 2 is 1.75 bits per heavy atom. The molecule has 0 saturated carbocycles. The molecule has 0 amide bonds. The van der Waals surface area contributed by atoms with Crippen molar-refractivity contribution >= 4 is 74.5 Å². The molecule has 1 aliphatic heterocycles. The van der Waals surface area contributed by atoms with Crippen LogP contribution in [0.1, 0.15) is 43.5 Å². The van der Waals surface area contributed by atoms with Crippen LogP contribution in [0.2, 0.25) is 0 Å². The molecular formula is C35H32I2N2O8S. The van der Waals surface area contributed by atoms with E-state index in [9.17, 15) is 14.4 Å². The van der Waals surface area contributed by atoms with Gasteiger partial charge in [0.05, 0.1) is 45.7 Å². The van der Waals surface area contributed by atoms with E-state index in [-0.39, 0.29) is 24.3 Å². The van der Waals surface area contributed by atoms with Crippen molar-refractivity contribution in [3.63, 3.8) is 0 Å². The van der Waals surface area contributed by atoms with Gasteiger partial charge in [0.15, 0.2) is 22.9 Å². The number of rotatable bonds is 12. The molecule has 0 aliphatic carbocycles. The van der Waals surface area contributed by atoms with Crippen molar-refractivity contribution in [3.05, 3.63) is 115 Å². The Labute approximate surface area is 308 Å². The minimum atomic E-state index is -0.874. The molecule has 0 N–H and O–H groups in total. The van der Waals surface area contributed by atoms with E-state index in [0.717, 1.165) is 18.3 Å². The highest BCUT2D eigenvalue weighted by atomic mass is 127. The third-order valence-electron chi connectivity index (χ3n) is 7.22. The summed E-state index contributed by atoms with van der Waals surface area (Å²) in [7, 11) is 1.28. The van der Waals surface area contributed by atoms with Crippen LogP contribution in [0.4, 0.5) is 0 Å². The minimum Gasteiger partial charge on any atom is -0.490 e. The zero-order valence-electron chi connectivity index (χ0n) is 26.6. The lowest BCUT2D eigenvalue weighted by molar-refractivity contribution is -0.143. The minimum absolute atomic E-state index is 0.147. The molecule has 10 nitrogen and oxygen atoms in total.